The minimum absolute atomic E-state index is 0.000912. The third-order valence-electron chi connectivity index (χ3n) is 19.0. The molecule has 5 fully saturated rings. The van der Waals surface area contributed by atoms with E-state index in [9.17, 15) is 28.3 Å². The number of benzene rings is 3. The number of fused-ring (bicyclic) bond motifs is 7. The monoisotopic (exact) mass is 1130 g/mol. The van der Waals surface area contributed by atoms with Gasteiger partial charge in [-0.2, -0.15) is 4.98 Å². The first-order valence-corrected chi connectivity index (χ1v) is 30.6. The first kappa shape index (κ1) is 55.1. The Labute approximate surface area is 476 Å². The van der Waals surface area contributed by atoms with E-state index in [0.717, 1.165) is 128 Å². The number of aryl methyl sites for hydroxylation is 1. The van der Waals surface area contributed by atoms with Crippen molar-refractivity contribution in [2.24, 2.45) is 11.3 Å². The number of rotatable bonds is 12. The van der Waals surface area contributed by atoms with Crippen LogP contribution in [0, 0.1) is 18.3 Å². The molecule has 14 nitrogen and oxygen atoms in total. The Morgan fingerprint density at radius 1 is 0.900 bits per heavy atom. The van der Waals surface area contributed by atoms with Crippen molar-refractivity contribution < 1.29 is 23.5 Å². The Balaban J connectivity index is 0.678. The number of alkyl halides is 2. The minimum Gasteiger partial charge on any atom is -0.391 e. The molecule has 2 amide bonds. The van der Waals surface area contributed by atoms with Crippen molar-refractivity contribution >= 4 is 45.7 Å². The molecular weight excluding hydrogens is 1050 g/mol. The smallest absolute Gasteiger partial charge is 0.282 e. The van der Waals surface area contributed by atoms with Crippen LogP contribution in [-0.2, 0) is 15.0 Å². The Kier molecular flexibility index (Phi) is 15.2. The van der Waals surface area contributed by atoms with Crippen LogP contribution < -0.4 is 10.9 Å². The van der Waals surface area contributed by atoms with Crippen molar-refractivity contribution in [3.8, 4) is 16.1 Å². The van der Waals surface area contributed by atoms with Gasteiger partial charge in [-0.15, -0.1) is 16.4 Å². The number of hydrogen-bond donors (Lipinski definition) is 2. The number of aliphatic hydroxyl groups excluding tert-OH is 1. The van der Waals surface area contributed by atoms with Crippen molar-refractivity contribution in [1.82, 2.24) is 49.5 Å². The molecule has 2 aliphatic carbocycles. The van der Waals surface area contributed by atoms with Crippen LogP contribution in [0.25, 0.3) is 27.0 Å². The lowest BCUT2D eigenvalue weighted by atomic mass is 9.69. The van der Waals surface area contributed by atoms with Crippen LogP contribution >= 0.6 is 22.9 Å². The molecule has 6 aromatic rings. The Hall–Kier alpha value is -5.46. The summed E-state index contributed by atoms with van der Waals surface area (Å²) < 4.78 is 32.5. The largest absolute Gasteiger partial charge is 0.391 e. The van der Waals surface area contributed by atoms with Gasteiger partial charge >= 0.3 is 0 Å². The summed E-state index contributed by atoms with van der Waals surface area (Å²) in [6.45, 7) is 11.8. The standard InChI is InChI=1S/C62H75ClF2N10O4S/c1-38-54(80-37-66-38)43-17-15-41(16-18-43)48(35-72-29-25-62(64,65)26-30-72)67-56(77)52-32-45(76)34-73(52)58(79)55(60(2,3)4)74-36-49(69-70-74)42-13-11-39(12-14-42)33-71-27-21-40(22-28-71)44-19-20-46-51(31-44)75-50-10-8-9-47(63)53(50)57(78)68-59(75)61(46)23-6-5-7-24-61/h8-10,15-20,31,36-37,39-40,42,45,48,52,55,76H,5-7,11-14,21-30,32-35H2,1-4H3,(H,67,77)/t39?,42?,45-,48+,52+,55-/m1/s1. The highest BCUT2D eigenvalue weighted by molar-refractivity contribution is 7.13. The molecule has 4 atom stereocenters. The Morgan fingerprint density at radius 2 is 1.64 bits per heavy atom. The fourth-order valence-electron chi connectivity index (χ4n) is 14.6. The summed E-state index contributed by atoms with van der Waals surface area (Å²) in [6, 6.07) is 18.5. The summed E-state index contributed by atoms with van der Waals surface area (Å²) in [5.74, 6) is -1.27. The number of carbonyl (C=O) groups is 2. The summed E-state index contributed by atoms with van der Waals surface area (Å²) in [5, 5.41) is 24.6. The van der Waals surface area contributed by atoms with Gasteiger partial charge in [0.2, 0.25) is 11.8 Å². The van der Waals surface area contributed by atoms with Crippen molar-refractivity contribution in [2.45, 2.75) is 165 Å². The molecule has 424 valence electrons. The average molecular weight is 1130 g/mol. The number of nitrogens with zero attached hydrogens (tertiary/aromatic N) is 9. The zero-order valence-electron chi connectivity index (χ0n) is 46.6. The first-order chi connectivity index (χ1) is 38.4. The van der Waals surface area contributed by atoms with E-state index in [1.54, 1.807) is 22.1 Å². The fourth-order valence-corrected chi connectivity index (χ4v) is 15.7. The molecule has 3 saturated heterocycles. The number of carbonyl (C=O) groups excluding carboxylic acids is 2. The predicted molar refractivity (Wildman–Crippen MR) is 308 cm³/mol. The summed E-state index contributed by atoms with van der Waals surface area (Å²) in [4.78, 5) is 59.4. The van der Waals surface area contributed by atoms with Gasteiger partial charge in [-0.3, -0.25) is 19.0 Å². The molecule has 2 N–H and O–H groups in total. The van der Waals surface area contributed by atoms with Crippen molar-refractivity contribution in [3.63, 3.8) is 0 Å². The maximum Gasteiger partial charge on any atom is 0.282 e. The van der Waals surface area contributed by atoms with Gasteiger partial charge in [0.1, 0.15) is 17.9 Å². The fraction of sp³-hybridized carbons (Fsp3) is 0.565. The van der Waals surface area contributed by atoms with Gasteiger partial charge in [-0.1, -0.05) is 99.3 Å². The first-order valence-electron chi connectivity index (χ1n) is 29.3. The number of amides is 2. The van der Waals surface area contributed by atoms with E-state index in [1.165, 1.54) is 22.4 Å². The maximum atomic E-state index is 14.9. The Bertz CT molecular complexity index is 3310. The van der Waals surface area contributed by atoms with Crippen LogP contribution in [0.5, 0.6) is 0 Å². The SMILES string of the molecule is Cc1ncsc1-c1ccc([C@H](CN2CCC(F)(F)CC2)NC(=O)[C@@H]2C[C@@H](O)CN2C(=O)[C@@H](n2cc(C3CCC(CN4CCC(c5ccc6c(c5)-n5c(nc(=O)c7c(Cl)cccc75)C65CCCCC5)CC4)CC3)nn2)C(C)(C)C)cc1. The van der Waals surface area contributed by atoms with Gasteiger partial charge in [-0.25, -0.2) is 18.4 Å². The predicted octanol–water partition coefficient (Wildman–Crippen LogP) is 10.9. The number of thiazole rings is 1. The van der Waals surface area contributed by atoms with Crippen molar-refractivity contribution in [2.75, 3.05) is 45.8 Å². The molecule has 2 saturated carbocycles. The maximum absolute atomic E-state index is 14.9. The number of aromatic nitrogens is 6. The zero-order valence-corrected chi connectivity index (χ0v) is 48.1. The molecule has 18 heteroatoms. The van der Waals surface area contributed by atoms with E-state index < -0.39 is 41.5 Å². The van der Waals surface area contributed by atoms with Crippen LogP contribution in [-0.4, -0.2) is 125 Å². The second-order valence-electron chi connectivity index (χ2n) is 25.3. The molecule has 80 heavy (non-hydrogen) atoms. The molecule has 1 spiro atoms. The third-order valence-corrected chi connectivity index (χ3v) is 20.3. The summed E-state index contributed by atoms with van der Waals surface area (Å²) in [7, 11) is 0. The average Bonchev–Trinajstić information content (AvgIpc) is 3.05. The van der Waals surface area contributed by atoms with Crippen LogP contribution in [0.3, 0.4) is 0 Å². The molecule has 7 heterocycles. The van der Waals surface area contributed by atoms with Gasteiger partial charge < -0.3 is 25.1 Å². The van der Waals surface area contributed by atoms with Gasteiger partial charge in [0, 0.05) is 64.1 Å². The van der Waals surface area contributed by atoms with Crippen molar-refractivity contribution in [1.29, 1.82) is 0 Å². The van der Waals surface area contributed by atoms with Gasteiger partial charge in [0.05, 0.1) is 60.9 Å². The second kappa shape index (κ2) is 22.0. The Morgan fingerprint density at radius 3 is 2.34 bits per heavy atom. The molecule has 6 aliphatic rings. The zero-order chi connectivity index (χ0) is 55.7. The summed E-state index contributed by atoms with van der Waals surface area (Å²) in [5.41, 5.74) is 9.00. The molecule has 3 aromatic heterocycles. The van der Waals surface area contributed by atoms with E-state index in [0.29, 0.717) is 28.8 Å². The van der Waals surface area contributed by atoms with Gasteiger partial charge in [-0.05, 0) is 129 Å². The molecule has 3 aromatic carbocycles. The van der Waals surface area contributed by atoms with Crippen LogP contribution in [0.2, 0.25) is 5.02 Å². The number of likely N-dealkylation sites (tertiary alicyclic amines) is 3. The van der Waals surface area contributed by atoms with Crippen LogP contribution in [0.4, 0.5) is 8.78 Å². The quantitative estimate of drug-likeness (QED) is 0.121. The summed E-state index contributed by atoms with van der Waals surface area (Å²) in [6.07, 6.45) is 12.4. The lowest BCUT2D eigenvalue weighted by Crippen LogP contribution is -2.52. The minimum atomic E-state index is -2.71. The van der Waals surface area contributed by atoms with Crippen LogP contribution in [0.15, 0.2) is 77.2 Å². The number of aliphatic hydroxyl groups is 1. The summed E-state index contributed by atoms with van der Waals surface area (Å²) >= 11 is 8.21. The van der Waals surface area contributed by atoms with E-state index in [-0.39, 0.29) is 61.7 Å². The molecule has 0 unspecified atom stereocenters. The van der Waals surface area contributed by atoms with E-state index >= 15 is 0 Å². The number of nitrogens with one attached hydrogen (secondary N) is 1. The molecular formula is C62H75ClF2N10O4S. The van der Waals surface area contributed by atoms with Crippen LogP contribution in [0.1, 0.15) is 168 Å². The van der Waals surface area contributed by atoms with Crippen molar-refractivity contribution in [3.05, 3.63) is 122 Å². The van der Waals surface area contributed by atoms with Gasteiger partial charge in [0.25, 0.3) is 11.5 Å². The highest BCUT2D eigenvalue weighted by Crippen LogP contribution is 2.52. The highest BCUT2D eigenvalue weighted by atomic mass is 35.5. The second-order valence-corrected chi connectivity index (χ2v) is 26.6. The molecule has 12 rings (SSSR count). The topological polar surface area (TPSA) is 155 Å². The van der Waals surface area contributed by atoms with E-state index in [2.05, 4.69) is 43.2 Å². The van der Waals surface area contributed by atoms with Gasteiger partial charge in [0.15, 0.2) is 0 Å². The van der Waals surface area contributed by atoms with E-state index in [1.807, 2.05) is 80.7 Å². The molecule has 4 aliphatic heterocycles. The molecule has 0 radical (unpaired) electrons. The third kappa shape index (κ3) is 10.7. The molecule has 0 bridgehead atoms. The number of β-amino-alcohol motifs (C(OH)–C–C–N with tert-alkyl or cyclic N) is 1. The van der Waals surface area contributed by atoms with E-state index in [4.69, 9.17) is 21.7 Å². The normalized spacial score (nSPS) is 24.2. The lowest BCUT2D eigenvalue weighted by molar-refractivity contribution is -0.144. The lowest BCUT2D eigenvalue weighted by Gasteiger charge is -2.37. The number of halogens is 3. The number of piperidine rings is 2. The highest BCUT2D eigenvalue weighted by Gasteiger charge is 2.48. The number of hydrogen-bond acceptors (Lipinski definition) is 11.